The van der Waals surface area contributed by atoms with E-state index < -0.39 is 0 Å². The van der Waals surface area contributed by atoms with Crippen LogP contribution in [0.4, 0.5) is 11.4 Å². The van der Waals surface area contributed by atoms with Crippen molar-refractivity contribution in [3.63, 3.8) is 0 Å². The summed E-state index contributed by atoms with van der Waals surface area (Å²) < 4.78 is 5.65. The van der Waals surface area contributed by atoms with Crippen molar-refractivity contribution in [1.29, 1.82) is 0 Å². The Morgan fingerprint density at radius 1 is 1.21 bits per heavy atom. The zero-order chi connectivity index (χ0) is 14.3. The molecule has 0 saturated carbocycles. The molecule has 1 aromatic rings. The molecule has 0 saturated heterocycles. The molecule has 0 unspecified atom stereocenters. The van der Waals surface area contributed by atoms with Gasteiger partial charge < -0.3 is 15.0 Å². The van der Waals surface area contributed by atoms with Gasteiger partial charge in [0, 0.05) is 25.2 Å². The van der Waals surface area contributed by atoms with Crippen molar-refractivity contribution < 1.29 is 9.53 Å². The van der Waals surface area contributed by atoms with Crippen molar-refractivity contribution in [2.75, 3.05) is 29.9 Å². The number of benzene rings is 1. The van der Waals surface area contributed by atoms with Crippen molar-refractivity contribution in [1.82, 2.24) is 0 Å². The highest BCUT2D eigenvalue weighted by Gasteiger charge is 2.11. The fourth-order valence-electron chi connectivity index (χ4n) is 1.93. The quantitative estimate of drug-likeness (QED) is 0.821. The first-order chi connectivity index (χ1) is 9.15. The van der Waals surface area contributed by atoms with Crippen LogP contribution in [0.2, 0.25) is 0 Å². The molecule has 0 aliphatic rings. The van der Waals surface area contributed by atoms with Crippen molar-refractivity contribution in [2.45, 2.75) is 34.1 Å². The minimum Gasteiger partial charge on any atom is -0.492 e. The molecule has 4 nitrogen and oxygen atoms in total. The molecule has 106 valence electrons. The van der Waals surface area contributed by atoms with E-state index in [-0.39, 0.29) is 5.91 Å². The van der Waals surface area contributed by atoms with E-state index in [2.05, 4.69) is 24.1 Å². The third-order valence-corrected chi connectivity index (χ3v) is 2.97. The van der Waals surface area contributed by atoms with Crippen LogP contribution < -0.4 is 15.0 Å². The molecule has 0 bridgehead atoms. The minimum atomic E-state index is 0.0228. The van der Waals surface area contributed by atoms with Gasteiger partial charge in [-0.25, -0.2) is 0 Å². The number of amides is 1. The SMILES string of the molecule is CCOc1ccc(NC(=O)CC)cc1N(CC)CC. The molecule has 1 rings (SSSR count). The highest BCUT2D eigenvalue weighted by atomic mass is 16.5. The van der Waals surface area contributed by atoms with Gasteiger partial charge in [0.1, 0.15) is 5.75 Å². The van der Waals surface area contributed by atoms with Crippen LogP contribution in [0.3, 0.4) is 0 Å². The van der Waals surface area contributed by atoms with E-state index in [1.54, 1.807) is 0 Å². The normalized spacial score (nSPS) is 10.1. The van der Waals surface area contributed by atoms with E-state index >= 15 is 0 Å². The summed E-state index contributed by atoms with van der Waals surface area (Å²) in [4.78, 5) is 13.7. The standard InChI is InChI=1S/C15H24N2O2/c1-5-15(18)16-12-9-10-14(19-8-4)13(11-12)17(6-2)7-3/h9-11H,5-8H2,1-4H3,(H,16,18). The maximum absolute atomic E-state index is 11.5. The highest BCUT2D eigenvalue weighted by Crippen LogP contribution is 2.31. The van der Waals surface area contributed by atoms with Crippen LogP contribution in [0.25, 0.3) is 0 Å². The Morgan fingerprint density at radius 3 is 2.42 bits per heavy atom. The summed E-state index contributed by atoms with van der Waals surface area (Å²) in [6.07, 6.45) is 0.480. The average Bonchev–Trinajstić information content (AvgIpc) is 2.43. The monoisotopic (exact) mass is 264 g/mol. The second-order valence-corrected chi connectivity index (χ2v) is 4.19. The zero-order valence-electron chi connectivity index (χ0n) is 12.3. The molecule has 0 heterocycles. The topological polar surface area (TPSA) is 41.6 Å². The van der Waals surface area contributed by atoms with E-state index in [0.717, 1.165) is 30.2 Å². The summed E-state index contributed by atoms with van der Waals surface area (Å²) in [5.74, 6) is 0.885. The number of hydrogen-bond acceptors (Lipinski definition) is 3. The van der Waals surface area contributed by atoms with Crippen molar-refractivity contribution in [3.8, 4) is 5.75 Å². The molecule has 0 atom stereocenters. The van der Waals surface area contributed by atoms with Gasteiger partial charge in [0.25, 0.3) is 0 Å². The molecule has 0 spiro atoms. The molecule has 1 N–H and O–H groups in total. The molecule has 4 heteroatoms. The van der Waals surface area contributed by atoms with Gasteiger partial charge in [-0.1, -0.05) is 6.92 Å². The van der Waals surface area contributed by atoms with Gasteiger partial charge in [0.15, 0.2) is 0 Å². The molecule has 19 heavy (non-hydrogen) atoms. The number of anilines is 2. The van der Waals surface area contributed by atoms with Gasteiger partial charge in [-0.2, -0.15) is 0 Å². The van der Waals surface area contributed by atoms with Crippen LogP contribution in [0.15, 0.2) is 18.2 Å². The van der Waals surface area contributed by atoms with Crippen molar-refractivity contribution >= 4 is 17.3 Å². The molecule has 1 amide bonds. The van der Waals surface area contributed by atoms with Crippen molar-refractivity contribution in [2.24, 2.45) is 0 Å². The number of carbonyl (C=O) groups is 1. The fraction of sp³-hybridized carbons (Fsp3) is 0.533. The number of nitrogens with zero attached hydrogens (tertiary/aromatic N) is 1. The highest BCUT2D eigenvalue weighted by molar-refractivity contribution is 5.91. The Labute approximate surface area is 115 Å². The Kier molecular flexibility index (Phi) is 6.19. The lowest BCUT2D eigenvalue weighted by molar-refractivity contribution is -0.115. The van der Waals surface area contributed by atoms with Crippen molar-refractivity contribution in [3.05, 3.63) is 18.2 Å². The molecule has 0 radical (unpaired) electrons. The second-order valence-electron chi connectivity index (χ2n) is 4.19. The summed E-state index contributed by atoms with van der Waals surface area (Å²) in [6.45, 7) is 10.5. The lowest BCUT2D eigenvalue weighted by atomic mass is 10.2. The van der Waals surface area contributed by atoms with Gasteiger partial charge in [-0.3, -0.25) is 4.79 Å². The van der Waals surface area contributed by atoms with Gasteiger partial charge >= 0.3 is 0 Å². The number of hydrogen-bond donors (Lipinski definition) is 1. The number of nitrogens with one attached hydrogen (secondary N) is 1. The largest absolute Gasteiger partial charge is 0.492 e. The van der Waals surface area contributed by atoms with E-state index in [9.17, 15) is 4.79 Å². The van der Waals surface area contributed by atoms with Gasteiger partial charge in [-0.05, 0) is 39.0 Å². The number of rotatable bonds is 7. The predicted molar refractivity (Wildman–Crippen MR) is 80.1 cm³/mol. The zero-order valence-corrected chi connectivity index (χ0v) is 12.3. The third-order valence-electron chi connectivity index (χ3n) is 2.97. The number of carbonyl (C=O) groups excluding carboxylic acids is 1. The molecule has 0 aliphatic heterocycles. The van der Waals surface area contributed by atoms with E-state index in [1.165, 1.54) is 0 Å². The first-order valence-corrected chi connectivity index (χ1v) is 6.97. The van der Waals surface area contributed by atoms with E-state index in [1.807, 2.05) is 32.0 Å². The van der Waals surface area contributed by atoms with E-state index in [0.29, 0.717) is 13.0 Å². The average molecular weight is 264 g/mol. The van der Waals surface area contributed by atoms with Crippen LogP contribution in [-0.2, 0) is 4.79 Å². The Balaban J connectivity index is 3.06. The van der Waals surface area contributed by atoms with Gasteiger partial charge in [-0.15, -0.1) is 0 Å². The Morgan fingerprint density at radius 2 is 1.89 bits per heavy atom. The van der Waals surface area contributed by atoms with Crippen LogP contribution in [0.1, 0.15) is 34.1 Å². The maximum atomic E-state index is 11.5. The molecule has 0 aromatic heterocycles. The molecule has 0 fully saturated rings. The second kappa shape index (κ2) is 7.67. The summed E-state index contributed by atoms with van der Waals surface area (Å²) >= 11 is 0. The van der Waals surface area contributed by atoms with Crippen LogP contribution in [0, 0.1) is 0 Å². The predicted octanol–water partition coefficient (Wildman–Crippen LogP) is 3.28. The Hall–Kier alpha value is -1.71. The summed E-state index contributed by atoms with van der Waals surface area (Å²) in [5, 5.41) is 2.88. The molecular weight excluding hydrogens is 240 g/mol. The van der Waals surface area contributed by atoms with Crippen LogP contribution in [-0.4, -0.2) is 25.6 Å². The summed E-state index contributed by atoms with van der Waals surface area (Å²) in [7, 11) is 0. The van der Waals surface area contributed by atoms with Gasteiger partial charge in [0.2, 0.25) is 5.91 Å². The maximum Gasteiger partial charge on any atom is 0.224 e. The first-order valence-electron chi connectivity index (χ1n) is 6.97. The minimum absolute atomic E-state index is 0.0228. The lowest BCUT2D eigenvalue weighted by Crippen LogP contribution is -2.23. The fourth-order valence-corrected chi connectivity index (χ4v) is 1.93. The molecule has 0 aliphatic carbocycles. The molecule has 1 aromatic carbocycles. The number of ether oxygens (including phenoxy) is 1. The van der Waals surface area contributed by atoms with E-state index in [4.69, 9.17) is 4.74 Å². The smallest absolute Gasteiger partial charge is 0.224 e. The van der Waals surface area contributed by atoms with Crippen LogP contribution >= 0.6 is 0 Å². The lowest BCUT2D eigenvalue weighted by Gasteiger charge is -2.24. The summed E-state index contributed by atoms with van der Waals surface area (Å²) in [5.41, 5.74) is 1.85. The summed E-state index contributed by atoms with van der Waals surface area (Å²) in [6, 6.07) is 5.78. The third kappa shape index (κ3) is 4.16. The molecular formula is C15H24N2O2. The van der Waals surface area contributed by atoms with Crippen LogP contribution in [0.5, 0.6) is 5.75 Å². The Bertz CT molecular complexity index is 415. The first kappa shape index (κ1) is 15.3. The van der Waals surface area contributed by atoms with Gasteiger partial charge in [0.05, 0.1) is 12.3 Å².